The van der Waals surface area contributed by atoms with E-state index in [4.69, 9.17) is 5.26 Å². The molecule has 0 spiro atoms. The molecule has 72 valence electrons. The van der Waals surface area contributed by atoms with E-state index in [1.54, 1.807) is 0 Å². The van der Waals surface area contributed by atoms with Crippen LogP contribution in [0.1, 0.15) is 29.6 Å². The van der Waals surface area contributed by atoms with Crippen LogP contribution in [0.5, 0.6) is 0 Å². The van der Waals surface area contributed by atoms with E-state index in [1.807, 2.05) is 30.3 Å². The molecule has 0 unspecified atom stereocenters. The van der Waals surface area contributed by atoms with Gasteiger partial charge in [-0.1, -0.05) is 12.1 Å². The van der Waals surface area contributed by atoms with Crippen LogP contribution < -0.4 is 0 Å². The van der Waals surface area contributed by atoms with Crippen molar-refractivity contribution >= 4 is 28.4 Å². The van der Waals surface area contributed by atoms with Crippen LogP contribution in [-0.4, -0.2) is 5.78 Å². The van der Waals surface area contributed by atoms with Gasteiger partial charge in [-0.25, -0.2) is 0 Å². The molecule has 0 aliphatic rings. The fourth-order valence-electron chi connectivity index (χ4n) is 1.13. The number of benzene rings is 1. The van der Waals surface area contributed by atoms with Gasteiger partial charge in [-0.3, -0.25) is 4.79 Å². The number of Topliss-reactive ketones (excluding diaryl/α,β-unsaturated/α-hetero) is 1. The van der Waals surface area contributed by atoms with Crippen molar-refractivity contribution in [2.75, 3.05) is 0 Å². The summed E-state index contributed by atoms with van der Waals surface area (Å²) in [7, 11) is 0. The molecule has 1 aromatic rings. The van der Waals surface area contributed by atoms with Gasteiger partial charge in [0.2, 0.25) is 0 Å². The number of rotatable bonds is 4. The maximum absolute atomic E-state index is 11.6. The third-order valence-corrected chi connectivity index (χ3v) is 2.51. The maximum Gasteiger partial charge on any atom is 0.162 e. The third kappa shape index (κ3) is 3.46. The molecule has 0 amide bonds. The lowest BCUT2D eigenvalue weighted by molar-refractivity contribution is 0.0980. The van der Waals surface area contributed by atoms with E-state index >= 15 is 0 Å². The lowest BCUT2D eigenvalue weighted by Gasteiger charge is -1.99. The van der Waals surface area contributed by atoms with E-state index in [0.717, 1.165) is 9.13 Å². The van der Waals surface area contributed by atoms with Gasteiger partial charge in [-0.15, -0.1) is 0 Å². The molecule has 3 heteroatoms. The molecule has 0 fully saturated rings. The van der Waals surface area contributed by atoms with Gasteiger partial charge in [0.05, 0.1) is 6.07 Å². The molecule has 14 heavy (non-hydrogen) atoms. The first-order chi connectivity index (χ1) is 6.74. The molecule has 0 aromatic heterocycles. The zero-order valence-corrected chi connectivity index (χ0v) is 9.82. The van der Waals surface area contributed by atoms with Crippen molar-refractivity contribution in [3.8, 4) is 6.07 Å². The largest absolute Gasteiger partial charge is 0.294 e. The highest BCUT2D eigenvalue weighted by Crippen LogP contribution is 2.11. The minimum atomic E-state index is 0.124. The van der Waals surface area contributed by atoms with Crippen LogP contribution in [0.2, 0.25) is 0 Å². The summed E-state index contributed by atoms with van der Waals surface area (Å²) in [6.07, 6.45) is 1.57. The number of nitrogens with zero attached hydrogens (tertiary/aromatic N) is 1. The Morgan fingerprint density at radius 1 is 1.50 bits per heavy atom. The summed E-state index contributed by atoms with van der Waals surface area (Å²) in [5.74, 6) is 0.124. The zero-order valence-electron chi connectivity index (χ0n) is 7.66. The van der Waals surface area contributed by atoms with Crippen LogP contribution in [0.3, 0.4) is 0 Å². The van der Waals surface area contributed by atoms with E-state index < -0.39 is 0 Å². The van der Waals surface area contributed by atoms with Gasteiger partial charge in [0, 0.05) is 22.0 Å². The Hall–Kier alpha value is -0.890. The summed E-state index contributed by atoms with van der Waals surface area (Å²) in [4.78, 5) is 11.6. The molecule has 0 heterocycles. The van der Waals surface area contributed by atoms with Crippen molar-refractivity contribution in [1.82, 2.24) is 0 Å². The fraction of sp³-hybridized carbons (Fsp3) is 0.273. The van der Waals surface area contributed by atoms with Gasteiger partial charge in [-0.2, -0.15) is 5.26 Å². The minimum Gasteiger partial charge on any atom is -0.294 e. The second-order valence-electron chi connectivity index (χ2n) is 2.95. The van der Waals surface area contributed by atoms with Gasteiger partial charge in [0.15, 0.2) is 5.78 Å². The lowest BCUT2D eigenvalue weighted by atomic mass is 10.1. The van der Waals surface area contributed by atoms with Gasteiger partial charge in [-0.05, 0) is 41.1 Å². The van der Waals surface area contributed by atoms with Crippen LogP contribution in [0, 0.1) is 14.9 Å². The summed E-state index contributed by atoms with van der Waals surface area (Å²) in [5, 5.41) is 8.33. The smallest absolute Gasteiger partial charge is 0.162 e. The molecule has 2 nitrogen and oxygen atoms in total. The molecule has 0 N–H and O–H groups in total. The van der Waals surface area contributed by atoms with Crippen molar-refractivity contribution in [2.24, 2.45) is 0 Å². The molecule has 0 saturated heterocycles. The third-order valence-electron chi connectivity index (χ3n) is 1.84. The summed E-state index contributed by atoms with van der Waals surface area (Å²) in [5.41, 5.74) is 0.745. The SMILES string of the molecule is N#CCCCC(=O)c1cccc(I)c1. The molecule has 1 rings (SSSR count). The van der Waals surface area contributed by atoms with Gasteiger partial charge in [0.1, 0.15) is 0 Å². The maximum atomic E-state index is 11.6. The highest BCUT2D eigenvalue weighted by atomic mass is 127. The van der Waals surface area contributed by atoms with Crippen molar-refractivity contribution in [3.05, 3.63) is 33.4 Å². The van der Waals surface area contributed by atoms with Crippen LogP contribution in [0.15, 0.2) is 24.3 Å². The van der Waals surface area contributed by atoms with Crippen LogP contribution in [0.25, 0.3) is 0 Å². The molecule has 0 aliphatic carbocycles. The number of carbonyl (C=O) groups excluding carboxylic acids is 1. The Morgan fingerprint density at radius 2 is 2.29 bits per heavy atom. The topological polar surface area (TPSA) is 40.9 Å². The van der Waals surface area contributed by atoms with E-state index in [2.05, 4.69) is 22.6 Å². The first-order valence-corrected chi connectivity index (χ1v) is 5.47. The van der Waals surface area contributed by atoms with Crippen LogP contribution in [-0.2, 0) is 0 Å². The summed E-state index contributed by atoms with van der Waals surface area (Å²) >= 11 is 2.18. The molecule has 1 aromatic carbocycles. The quantitative estimate of drug-likeness (QED) is 0.487. The Bertz CT molecular complexity index is 368. The number of hydrogen-bond acceptors (Lipinski definition) is 2. The van der Waals surface area contributed by atoms with Crippen molar-refractivity contribution < 1.29 is 4.79 Å². The average Bonchev–Trinajstić information content (AvgIpc) is 2.18. The van der Waals surface area contributed by atoms with E-state index in [1.165, 1.54) is 0 Å². The number of halogens is 1. The molecule has 0 saturated carbocycles. The molecule has 0 atom stereocenters. The van der Waals surface area contributed by atoms with Crippen molar-refractivity contribution in [1.29, 1.82) is 5.26 Å². The summed E-state index contributed by atoms with van der Waals surface area (Å²) in [6.45, 7) is 0. The Balaban J connectivity index is 2.57. The van der Waals surface area contributed by atoms with Crippen molar-refractivity contribution in [3.63, 3.8) is 0 Å². The van der Waals surface area contributed by atoms with E-state index in [-0.39, 0.29) is 5.78 Å². The second kappa shape index (κ2) is 5.76. The predicted molar refractivity (Wildman–Crippen MR) is 63.0 cm³/mol. The Labute approximate surface area is 97.1 Å². The van der Waals surface area contributed by atoms with Crippen LogP contribution >= 0.6 is 22.6 Å². The Kier molecular flexibility index (Phi) is 4.60. The number of nitriles is 1. The molecular weight excluding hydrogens is 289 g/mol. The minimum absolute atomic E-state index is 0.124. The number of unbranched alkanes of at least 4 members (excludes halogenated alkanes) is 1. The predicted octanol–water partition coefficient (Wildman–Crippen LogP) is 3.17. The van der Waals surface area contributed by atoms with E-state index in [0.29, 0.717) is 19.3 Å². The van der Waals surface area contributed by atoms with Gasteiger partial charge < -0.3 is 0 Å². The molecule has 0 radical (unpaired) electrons. The second-order valence-corrected chi connectivity index (χ2v) is 4.19. The van der Waals surface area contributed by atoms with Crippen molar-refractivity contribution in [2.45, 2.75) is 19.3 Å². The molecule has 0 bridgehead atoms. The normalized spacial score (nSPS) is 9.43. The molecular formula is C11H10INO. The summed E-state index contributed by atoms with van der Waals surface area (Å²) < 4.78 is 1.06. The monoisotopic (exact) mass is 299 g/mol. The number of ketones is 1. The zero-order chi connectivity index (χ0) is 10.4. The lowest BCUT2D eigenvalue weighted by Crippen LogP contribution is -1.98. The van der Waals surface area contributed by atoms with Crippen LogP contribution in [0.4, 0.5) is 0 Å². The number of hydrogen-bond donors (Lipinski definition) is 0. The number of carbonyl (C=O) groups is 1. The Morgan fingerprint density at radius 3 is 2.93 bits per heavy atom. The van der Waals surface area contributed by atoms with E-state index in [9.17, 15) is 4.79 Å². The first kappa shape index (κ1) is 11.2. The standard InChI is InChI=1S/C11H10INO/c12-10-5-3-4-9(8-10)11(14)6-1-2-7-13/h3-5,8H,1-2,6H2. The highest BCUT2D eigenvalue weighted by Gasteiger charge is 2.04. The van der Waals surface area contributed by atoms with Gasteiger partial charge in [0.25, 0.3) is 0 Å². The fourth-order valence-corrected chi connectivity index (χ4v) is 1.68. The first-order valence-electron chi connectivity index (χ1n) is 4.40. The highest BCUT2D eigenvalue weighted by molar-refractivity contribution is 14.1. The van der Waals surface area contributed by atoms with Gasteiger partial charge >= 0.3 is 0 Å². The average molecular weight is 299 g/mol. The summed E-state index contributed by atoms with van der Waals surface area (Å²) in [6, 6.07) is 9.54. The molecule has 0 aliphatic heterocycles.